The number of unbranched alkanes of at least 4 members (excludes halogenated alkanes) is 52. The first-order chi connectivity index (χ1) is 39.0. The molecule has 0 aromatic rings. The van der Waals surface area contributed by atoms with Gasteiger partial charge in [-0.15, -0.1) is 0 Å². The van der Waals surface area contributed by atoms with Crippen molar-refractivity contribution in [2.45, 2.75) is 405 Å². The van der Waals surface area contributed by atoms with Gasteiger partial charge < -0.3 is 20.3 Å². The number of hydrogen-bond acceptors (Lipinski definition) is 5. The predicted octanol–water partition coefficient (Wildman–Crippen LogP) is 23.1. The molecule has 0 bridgehead atoms. The molecule has 0 aliphatic heterocycles. The Morgan fingerprint density at radius 2 is 0.595 bits per heavy atom. The first kappa shape index (κ1) is 77.1. The molecule has 3 N–H and O–H groups in total. The molecule has 0 fully saturated rings. The zero-order valence-corrected chi connectivity index (χ0v) is 53.4. The molecular weight excluding hydrogens is 971 g/mol. The SMILES string of the molecule is CCCCCCCCC/C=C\CCCCCCCCCC(=O)OCCCCCCCCCCCCCCCC/C=C\CCCCCCCCCCCCCCCCCCCC(=O)NC(CO)C(O)/C=C/CCCCCCCCC. The number of hydrogen-bond donors (Lipinski definition) is 3. The van der Waals surface area contributed by atoms with Crippen LogP contribution in [0, 0.1) is 0 Å². The number of esters is 1. The molecule has 0 aromatic heterocycles. The molecule has 0 saturated heterocycles. The number of carbonyl (C=O) groups excluding carboxylic acids is 2. The number of rotatable bonds is 67. The molecule has 6 heteroatoms. The van der Waals surface area contributed by atoms with Crippen LogP contribution in [0.4, 0.5) is 0 Å². The normalized spacial score (nSPS) is 12.7. The Labute approximate surface area is 494 Å². The first-order valence-electron chi connectivity index (χ1n) is 35.8. The number of carbonyl (C=O) groups is 2. The number of aliphatic hydroxyl groups is 2. The van der Waals surface area contributed by atoms with E-state index in [-0.39, 0.29) is 18.5 Å². The Morgan fingerprint density at radius 3 is 0.899 bits per heavy atom. The highest BCUT2D eigenvalue weighted by molar-refractivity contribution is 5.76. The van der Waals surface area contributed by atoms with Crippen molar-refractivity contribution in [1.29, 1.82) is 0 Å². The van der Waals surface area contributed by atoms with E-state index in [2.05, 4.69) is 43.5 Å². The lowest BCUT2D eigenvalue weighted by Gasteiger charge is -2.20. The summed E-state index contributed by atoms with van der Waals surface area (Å²) >= 11 is 0. The van der Waals surface area contributed by atoms with Crippen molar-refractivity contribution in [2.75, 3.05) is 13.2 Å². The van der Waals surface area contributed by atoms with Crippen LogP contribution in [0.3, 0.4) is 0 Å². The van der Waals surface area contributed by atoms with Crippen molar-refractivity contribution >= 4 is 11.9 Å². The molecule has 0 heterocycles. The van der Waals surface area contributed by atoms with Crippen LogP contribution in [0.5, 0.6) is 0 Å². The number of ether oxygens (including phenoxy) is 1. The van der Waals surface area contributed by atoms with E-state index in [0.717, 1.165) is 44.9 Å². The average molecular weight is 1110 g/mol. The lowest BCUT2D eigenvalue weighted by Crippen LogP contribution is -2.45. The summed E-state index contributed by atoms with van der Waals surface area (Å²) in [5.41, 5.74) is 0. The van der Waals surface area contributed by atoms with Crippen LogP contribution in [0.1, 0.15) is 393 Å². The van der Waals surface area contributed by atoms with E-state index in [0.29, 0.717) is 19.4 Å². The van der Waals surface area contributed by atoms with Gasteiger partial charge in [0.25, 0.3) is 0 Å². The maximum atomic E-state index is 12.4. The van der Waals surface area contributed by atoms with E-state index in [9.17, 15) is 19.8 Å². The molecule has 6 nitrogen and oxygen atoms in total. The van der Waals surface area contributed by atoms with Gasteiger partial charge >= 0.3 is 5.97 Å². The fourth-order valence-electron chi connectivity index (χ4n) is 11.2. The second-order valence-electron chi connectivity index (χ2n) is 24.6. The zero-order chi connectivity index (χ0) is 57.1. The summed E-state index contributed by atoms with van der Waals surface area (Å²) in [5.74, 6) is -0.0485. The molecular formula is C73H139NO5. The maximum absolute atomic E-state index is 12.4. The molecule has 0 aliphatic carbocycles. The fourth-order valence-corrected chi connectivity index (χ4v) is 11.2. The molecule has 0 aromatic carbocycles. The quantitative estimate of drug-likeness (QED) is 0.0320. The van der Waals surface area contributed by atoms with Gasteiger partial charge in [0.15, 0.2) is 0 Å². The molecule has 0 saturated carbocycles. The van der Waals surface area contributed by atoms with Gasteiger partial charge in [-0.3, -0.25) is 9.59 Å². The van der Waals surface area contributed by atoms with Crippen LogP contribution in [0.15, 0.2) is 36.5 Å². The molecule has 2 unspecified atom stereocenters. The highest BCUT2D eigenvalue weighted by Gasteiger charge is 2.18. The Balaban J connectivity index is 3.31. The van der Waals surface area contributed by atoms with Gasteiger partial charge in [0.1, 0.15) is 0 Å². The second-order valence-corrected chi connectivity index (χ2v) is 24.6. The molecule has 0 rings (SSSR count). The van der Waals surface area contributed by atoms with Crippen LogP contribution in [0.2, 0.25) is 0 Å². The van der Waals surface area contributed by atoms with E-state index in [4.69, 9.17) is 4.74 Å². The number of aliphatic hydroxyl groups excluding tert-OH is 2. The Hall–Kier alpha value is -1.92. The zero-order valence-electron chi connectivity index (χ0n) is 53.4. The summed E-state index contributed by atoms with van der Waals surface area (Å²) in [4.78, 5) is 24.5. The second kappa shape index (κ2) is 68.6. The Morgan fingerprint density at radius 1 is 0.342 bits per heavy atom. The van der Waals surface area contributed by atoms with Crippen molar-refractivity contribution in [3.05, 3.63) is 36.5 Å². The van der Waals surface area contributed by atoms with E-state index in [1.807, 2.05) is 6.08 Å². The van der Waals surface area contributed by atoms with Gasteiger partial charge in [-0.2, -0.15) is 0 Å². The Kier molecular flexibility index (Phi) is 66.9. The lowest BCUT2D eigenvalue weighted by atomic mass is 10.0. The highest BCUT2D eigenvalue weighted by atomic mass is 16.5. The van der Waals surface area contributed by atoms with Gasteiger partial charge in [0.05, 0.1) is 25.4 Å². The lowest BCUT2D eigenvalue weighted by molar-refractivity contribution is -0.143. The highest BCUT2D eigenvalue weighted by Crippen LogP contribution is 2.18. The van der Waals surface area contributed by atoms with Crippen molar-refractivity contribution in [3.63, 3.8) is 0 Å². The molecule has 466 valence electrons. The van der Waals surface area contributed by atoms with Crippen molar-refractivity contribution < 1.29 is 24.5 Å². The van der Waals surface area contributed by atoms with Crippen LogP contribution >= 0.6 is 0 Å². The number of nitrogens with one attached hydrogen (secondary N) is 1. The third kappa shape index (κ3) is 65.1. The first-order valence-corrected chi connectivity index (χ1v) is 35.8. The van der Waals surface area contributed by atoms with E-state index >= 15 is 0 Å². The Bertz CT molecular complexity index is 1280. The topological polar surface area (TPSA) is 95.9 Å². The van der Waals surface area contributed by atoms with Gasteiger partial charge in [-0.25, -0.2) is 0 Å². The molecule has 1 amide bonds. The monoisotopic (exact) mass is 1110 g/mol. The summed E-state index contributed by atoms with van der Waals surface area (Å²) in [6.45, 7) is 4.90. The molecule has 0 aliphatic rings. The van der Waals surface area contributed by atoms with Crippen LogP contribution < -0.4 is 5.32 Å². The molecule has 0 radical (unpaired) electrons. The number of amides is 1. The average Bonchev–Trinajstić information content (AvgIpc) is 3.45. The molecule has 0 spiro atoms. The fraction of sp³-hybridized carbons (Fsp3) is 0.890. The van der Waals surface area contributed by atoms with E-state index in [1.54, 1.807) is 6.08 Å². The summed E-state index contributed by atoms with van der Waals surface area (Å²) < 4.78 is 5.51. The van der Waals surface area contributed by atoms with Gasteiger partial charge in [-0.05, 0) is 83.5 Å². The van der Waals surface area contributed by atoms with E-state index < -0.39 is 12.1 Å². The van der Waals surface area contributed by atoms with Crippen molar-refractivity contribution in [3.8, 4) is 0 Å². The predicted molar refractivity (Wildman–Crippen MR) is 347 cm³/mol. The molecule has 79 heavy (non-hydrogen) atoms. The smallest absolute Gasteiger partial charge is 0.305 e. The van der Waals surface area contributed by atoms with Crippen LogP contribution in [0.25, 0.3) is 0 Å². The minimum atomic E-state index is -0.839. The van der Waals surface area contributed by atoms with Crippen molar-refractivity contribution in [2.24, 2.45) is 0 Å². The number of allylic oxidation sites excluding steroid dienone is 5. The molecule has 2 atom stereocenters. The van der Waals surface area contributed by atoms with E-state index in [1.165, 1.54) is 321 Å². The summed E-state index contributed by atoms with van der Waals surface area (Å²) in [6, 6.07) is -0.623. The van der Waals surface area contributed by atoms with Crippen LogP contribution in [-0.2, 0) is 14.3 Å². The third-order valence-electron chi connectivity index (χ3n) is 16.6. The van der Waals surface area contributed by atoms with Gasteiger partial charge in [-0.1, -0.05) is 333 Å². The maximum Gasteiger partial charge on any atom is 0.305 e. The van der Waals surface area contributed by atoms with Crippen molar-refractivity contribution in [1.82, 2.24) is 5.32 Å². The van der Waals surface area contributed by atoms with Gasteiger partial charge in [0.2, 0.25) is 5.91 Å². The summed E-state index contributed by atoms with van der Waals surface area (Å²) in [5, 5.41) is 23.0. The summed E-state index contributed by atoms with van der Waals surface area (Å²) in [6.07, 6.45) is 88.3. The largest absolute Gasteiger partial charge is 0.466 e. The van der Waals surface area contributed by atoms with Crippen LogP contribution in [-0.4, -0.2) is 47.4 Å². The van der Waals surface area contributed by atoms with Gasteiger partial charge in [0, 0.05) is 12.8 Å². The summed E-state index contributed by atoms with van der Waals surface area (Å²) in [7, 11) is 0. The third-order valence-corrected chi connectivity index (χ3v) is 16.6. The standard InChI is InChI=1S/C73H139NO5/c1-3-5-7-9-11-13-14-15-16-17-38-41-44-47-51-55-59-63-67-73(78)79-68-64-60-56-52-48-45-42-39-36-34-32-30-28-26-24-22-20-18-19-21-23-25-27-29-31-33-35-37-40-43-46-50-54-58-62-66-72(77)74-70(69-75)71(76)65-61-57-53-49-12-10-8-6-4-2/h16-17,20,22,61,65,70-71,75-76H,3-15,18-19,21,23-60,62-64,66-69H2,1-2H3,(H,74,77)/b17-16-,22-20-,65-61+. The minimum Gasteiger partial charge on any atom is -0.466 e. The minimum absolute atomic E-state index is 0.0174.